The molecule has 98 valence electrons. The quantitative estimate of drug-likeness (QED) is 0.802. The van der Waals surface area contributed by atoms with Crippen LogP contribution in [-0.2, 0) is 6.42 Å². The van der Waals surface area contributed by atoms with E-state index in [0.717, 1.165) is 5.69 Å². The lowest BCUT2D eigenvalue weighted by Gasteiger charge is -2.09. The molecule has 0 amide bonds. The molecule has 0 aliphatic heterocycles. The number of thiophene rings is 2. The third kappa shape index (κ3) is 2.60. The Balaban J connectivity index is 1.80. The molecule has 4 nitrogen and oxygen atoms in total. The average Bonchev–Trinajstić information content (AvgIpc) is 2.99. The monoisotopic (exact) mass is 291 g/mol. The van der Waals surface area contributed by atoms with Crippen LogP contribution in [0.5, 0.6) is 5.88 Å². The van der Waals surface area contributed by atoms with Gasteiger partial charge in [-0.05, 0) is 17.5 Å². The highest BCUT2D eigenvalue weighted by Gasteiger charge is 2.13. The van der Waals surface area contributed by atoms with Gasteiger partial charge in [-0.15, -0.1) is 22.7 Å². The Labute approximate surface area is 118 Å². The Morgan fingerprint density at radius 2 is 2.21 bits per heavy atom. The second-order valence-corrected chi connectivity index (χ2v) is 6.22. The summed E-state index contributed by atoms with van der Waals surface area (Å²) in [6.07, 6.45) is 2.19. The Kier molecular flexibility index (Phi) is 3.46. The number of aromatic nitrogens is 2. The SMILES string of the molecule is COc1cc(CC(N)c2cc3sccc3s2)ncn1. The molecule has 2 N–H and O–H groups in total. The minimum absolute atomic E-state index is 0.0378. The van der Waals surface area contributed by atoms with Gasteiger partial charge in [-0.3, -0.25) is 0 Å². The van der Waals surface area contributed by atoms with Crippen LogP contribution < -0.4 is 10.5 Å². The van der Waals surface area contributed by atoms with E-state index in [9.17, 15) is 0 Å². The molecule has 0 spiro atoms. The molecule has 1 atom stereocenters. The van der Waals surface area contributed by atoms with Crippen LogP contribution in [0, 0.1) is 0 Å². The van der Waals surface area contributed by atoms with Crippen LogP contribution in [0.1, 0.15) is 16.6 Å². The molecule has 0 fully saturated rings. The van der Waals surface area contributed by atoms with Crippen LogP contribution in [0.3, 0.4) is 0 Å². The van der Waals surface area contributed by atoms with Gasteiger partial charge in [0.05, 0.1) is 7.11 Å². The number of nitrogens with zero attached hydrogens (tertiary/aromatic N) is 2. The third-order valence-electron chi connectivity index (χ3n) is 2.86. The summed E-state index contributed by atoms with van der Waals surface area (Å²) in [5, 5.41) is 2.10. The highest BCUT2D eigenvalue weighted by molar-refractivity contribution is 7.26. The summed E-state index contributed by atoms with van der Waals surface area (Å²) >= 11 is 3.50. The molecule has 0 saturated carbocycles. The van der Waals surface area contributed by atoms with E-state index in [-0.39, 0.29) is 6.04 Å². The van der Waals surface area contributed by atoms with Crippen LogP contribution >= 0.6 is 22.7 Å². The number of ether oxygens (including phenoxy) is 1. The summed E-state index contributed by atoms with van der Waals surface area (Å²) in [4.78, 5) is 9.42. The van der Waals surface area contributed by atoms with Crippen molar-refractivity contribution in [2.24, 2.45) is 5.73 Å². The number of nitrogens with two attached hydrogens (primary N) is 1. The predicted octanol–water partition coefficient (Wildman–Crippen LogP) is 3.00. The highest BCUT2D eigenvalue weighted by Crippen LogP contribution is 2.33. The molecule has 3 heterocycles. The average molecular weight is 291 g/mol. The second kappa shape index (κ2) is 5.24. The van der Waals surface area contributed by atoms with Gasteiger partial charge in [-0.25, -0.2) is 9.97 Å². The summed E-state index contributed by atoms with van der Waals surface area (Å²) in [6, 6.07) is 6.10. The summed E-state index contributed by atoms with van der Waals surface area (Å²) in [6.45, 7) is 0. The number of rotatable bonds is 4. The van der Waals surface area contributed by atoms with Crippen molar-refractivity contribution >= 4 is 32.1 Å². The van der Waals surface area contributed by atoms with E-state index in [4.69, 9.17) is 10.5 Å². The first-order chi connectivity index (χ1) is 9.26. The molecule has 6 heteroatoms. The van der Waals surface area contributed by atoms with Crippen molar-refractivity contribution in [3.05, 3.63) is 40.5 Å². The molecule has 0 aliphatic rings. The lowest BCUT2D eigenvalue weighted by atomic mass is 10.1. The van der Waals surface area contributed by atoms with Gasteiger partial charge < -0.3 is 10.5 Å². The minimum Gasteiger partial charge on any atom is -0.481 e. The number of hydrogen-bond acceptors (Lipinski definition) is 6. The standard InChI is InChI=1S/C13H13N3OS2/c1-17-13-5-8(15-7-16-13)4-9(14)11-6-12-10(19-11)2-3-18-12/h2-3,5-7,9H,4,14H2,1H3. The van der Waals surface area contributed by atoms with E-state index in [2.05, 4.69) is 27.5 Å². The second-order valence-electron chi connectivity index (χ2n) is 4.16. The lowest BCUT2D eigenvalue weighted by molar-refractivity contribution is 0.395. The van der Waals surface area contributed by atoms with Crippen LogP contribution in [0.4, 0.5) is 0 Å². The van der Waals surface area contributed by atoms with Gasteiger partial charge in [-0.1, -0.05) is 0 Å². The first kappa shape index (κ1) is 12.5. The Morgan fingerprint density at radius 3 is 3.00 bits per heavy atom. The molecule has 0 saturated heterocycles. The Morgan fingerprint density at radius 1 is 1.32 bits per heavy atom. The fourth-order valence-electron chi connectivity index (χ4n) is 1.89. The highest BCUT2D eigenvalue weighted by atomic mass is 32.1. The number of hydrogen-bond donors (Lipinski definition) is 1. The Hall–Kier alpha value is -1.50. The molecule has 1 unspecified atom stereocenters. The molecular formula is C13H13N3OS2. The summed E-state index contributed by atoms with van der Waals surface area (Å²) in [5.41, 5.74) is 7.15. The first-order valence-electron chi connectivity index (χ1n) is 5.83. The molecular weight excluding hydrogens is 278 g/mol. The zero-order chi connectivity index (χ0) is 13.2. The van der Waals surface area contributed by atoms with E-state index in [1.54, 1.807) is 29.8 Å². The van der Waals surface area contributed by atoms with Crippen molar-refractivity contribution in [2.45, 2.75) is 12.5 Å². The molecule has 3 rings (SSSR count). The van der Waals surface area contributed by atoms with Crippen LogP contribution in [0.15, 0.2) is 29.9 Å². The molecule has 3 aromatic rings. The van der Waals surface area contributed by atoms with Crippen LogP contribution in [-0.4, -0.2) is 17.1 Å². The summed E-state index contributed by atoms with van der Waals surface area (Å²) < 4.78 is 7.69. The Bertz CT molecular complexity index is 663. The van der Waals surface area contributed by atoms with Gasteiger partial charge in [0.15, 0.2) is 0 Å². The molecule has 3 aromatic heterocycles. The van der Waals surface area contributed by atoms with Crippen molar-refractivity contribution in [1.82, 2.24) is 9.97 Å². The van der Waals surface area contributed by atoms with Crippen molar-refractivity contribution in [2.75, 3.05) is 7.11 Å². The van der Waals surface area contributed by atoms with Crippen molar-refractivity contribution in [3.8, 4) is 5.88 Å². The molecule has 0 radical (unpaired) electrons. The van der Waals surface area contributed by atoms with Crippen molar-refractivity contribution in [3.63, 3.8) is 0 Å². The van der Waals surface area contributed by atoms with E-state index < -0.39 is 0 Å². The van der Waals surface area contributed by atoms with Crippen LogP contribution in [0.2, 0.25) is 0 Å². The van der Waals surface area contributed by atoms with Crippen molar-refractivity contribution < 1.29 is 4.74 Å². The van der Waals surface area contributed by atoms with Gasteiger partial charge in [0.1, 0.15) is 6.33 Å². The van der Waals surface area contributed by atoms with Crippen molar-refractivity contribution in [1.29, 1.82) is 0 Å². The van der Waals surface area contributed by atoms with Gasteiger partial charge in [0, 0.05) is 38.5 Å². The van der Waals surface area contributed by atoms with Gasteiger partial charge >= 0.3 is 0 Å². The smallest absolute Gasteiger partial charge is 0.216 e. The molecule has 0 aliphatic carbocycles. The topological polar surface area (TPSA) is 61.0 Å². The number of methoxy groups -OCH3 is 1. The number of fused-ring (bicyclic) bond motifs is 1. The van der Waals surface area contributed by atoms with E-state index in [1.165, 1.54) is 20.6 Å². The predicted molar refractivity (Wildman–Crippen MR) is 78.9 cm³/mol. The fraction of sp³-hybridized carbons (Fsp3) is 0.231. The van der Waals surface area contributed by atoms with Crippen LogP contribution in [0.25, 0.3) is 9.40 Å². The summed E-state index contributed by atoms with van der Waals surface area (Å²) in [5.74, 6) is 0.573. The van der Waals surface area contributed by atoms with E-state index in [1.807, 2.05) is 6.07 Å². The fourth-order valence-corrected chi connectivity index (χ4v) is 4.01. The van der Waals surface area contributed by atoms with Gasteiger partial charge in [-0.2, -0.15) is 0 Å². The molecule has 19 heavy (non-hydrogen) atoms. The molecule has 0 aromatic carbocycles. The zero-order valence-corrected chi connectivity index (χ0v) is 12.0. The normalized spacial score (nSPS) is 12.7. The van der Waals surface area contributed by atoms with E-state index >= 15 is 0 Å². The molecule has 0 bridgehead atoms. The third-order valence-corrected chi connectivity index (χ3v) is 5.09. The van der Waals surface area contributed by atoms with Gasteiger partial charge in [0.2, 0.25) is 5.88 Å². The maximum Gasteiger partial charge on any atom is 0.216 e. The lowest BCUT2D eigenvalue weighted by Crippen LogP contribution is -2.12. The summed E-state index contributed by atoms with van der Waals surface area (Å²) in [7, 11) is 1.60. The minimum atomic E-state index is -0.0378. The zero-order valence-electron chi connectivity index (χ0n) is 10.4. The maximum absolute atomic E-state index is 6.26. The maximum atomic E-state index is 6.26. The van der Waals surface area contributed by atoms with Gasteiger partial charge in [0.25, 0.3) is 0 Å². The first-order valence-corrected chi connectivity index (χ1v) is 7.53. The largest absolute Gasteiger partial charge is 0.481 e. The van der Waals surface area contributed by atoms with E-state index in [0.29, 0.717) is 12.3 Å².